The molecule has 2 heteroatoms. The Labute approximate surface area is 108 Å². The van der Waals surface area contributed by atoms with Gasteiger partial charge in [0.2, 0.25) is 0 Å². The molecule has 3 atom stereocenters. The highest BCUT2D eigenvalue weighted by molar-refractivity contribution is 4.83. The minimum absolute atomic E-state index is 0.510. The molecule has 2 nitrogen and oxygen atoms in total. The summed E-state index contributed by atoms with van der Waals surface area (Å²) in [4.78, 5) is 0. The lowest BCUT2D eigenvalue weighted by molar-refractivity contribution is 0.126. The van der Waals surface area contributed by atoms with Gasteiger partial charge in [-0.2, -0.15) is 0 Å². The van der Waals surface area contributed by atoms with Gasteiger partial charge in [-0.05, 0) is 30.6 Å². The van der Waals surface area contributed by atoms with Gasteiger partial charge in [-0.25, -0.2) is 0 Å². The first-order valence-electron chi connectivity index (χ1n) is 7.29. The fourth-order valence-corrected chi connectivity index (χ4v) is 2.90. The average molecular weight is 241 g/mol. The second-order valence-corrected chi connectivity index (χ2v) is 6.34. The quantitative estimate of drug-likeness (QED) is 0.769. The van der Waals surface area contributed by atoms with Crippen LogP contribution >= 0.6 is 0 Å². The Morgan fingerprint density at radius 2 is 1.88 bits per heavy atom. The third-order valence-electron chi connectivity index (χ3n) is 4.26. The molecular formula is C15H31NO. The molecule has 1 aliphatic carbocycles. The maximum Gasteiger partial charge on any atom is 0.0618 e. The van der Waals surface area contributed by atoms with Crippen LogP contribution in [0.5, 0.6) is 0 Å². The van der Waals surface area contributed by atoms with Crippen molar-refractivity contribution in [2.24, 2.45) is 17.8 Å². The molecule has 1 saturated carbocycles. The van der Waals surface area contributed by atoms with Crippen molar-refractivity contribution in [1.82, 2.24) is 5.32 Å². The van der Waals surface area contributed by atoms with Crippen LogP contribution in [0.25, 0.3) is 0 Å². The van der Waals surface area contributed by atoms with Crippen LogP contribution in [0.15, 0.2) is 0 Å². The fourth-order valence-electron chi connectivity index (χ4n) is 2.90. The predicted molar refractivity (Wildman–Crippen MR) is 74.2 cm³/mol. The second-order valence-electron chi connectivity index (χ2n) is 6.34. The third kappa shape index (κ3) is 4.97. The van der Waals surface area contributed by atoms with E-state index in [1.165, 1.54) is 25.7 Å². The lowest BCUT2D eigenvalue weighted by Crippen LogP contribution is -2.46. The minimum Gasteiger partial charge on any atom is -0.383 e. The van der Waals surface area contributed by atoms with E-state index in [4.69, 9.17) is 4.74 Å². The van der Waals surface area contributed by atoms with Crippen molar-refractivity contribution >= 4 is 0 Å². The Kier molecular flexibility index (Phi) is 6.50. The molecule has 102 valence electrons. The zero-order chi connectivity index (χ0) is 12.8. The van der Waals surface area contributed by atoms with Crippen molar-refractivity contribution in [1.29, 1.82) is 0 Å². The van der Waals surface area contributed by atoms with Gasteiger partial charge in [-0.3, -0.25) is 0 Å². The van der Waals surface area contributed by atoms with Gasteiger partial charge in [0.05, 0.1) is 6.61 Å². The summed E-state index contributed by atoms with van der Waals surface area (Å²) in [5.74, 6) is 2.39. The fraction of sp³-hybridized carbons (Fsp3) is 1.00. The van der Waals surface area contributed by atoms with E-state index >= 15 is 0 Å². The first-order valence-corrected chi connectivity index (χ1v) is 7.29. The summed E-state index contributed by atoms with van der Waals surface area (Å²) >= 11 is 0. The Balaban J connectivity index is 2.43. The van der Waals surface area contributed by atoms with Crippen molar-refractivity contribution in [3.05, 3.63) is 0 Å². The van der Waals surface area contributed by atoms with Crippen LogP contribution in [0, 0.1) is 17.8 Å². The summed E-state index contributed by atoms with van der Waals surface area (Å²) in [6.45, 7) is 10.1. The summed E-state index contributed by atoms with van der Waals surface area (Å²) in [5.41, 5.74) is 0. The van der Waals surface area contributed by atoms with Gasteiger partial charge >= 0.3 is 0 Å². The lowest BCUT2D eigenvalue weighted by atomic mass is 9.79. The molecule has 1 aliphatic rings. The Hall–Kier alpha value is -0.0800. The van der Waals surface area contributed by atoms with E-state index in [2.05, 4.69) is 33.0 Å². The SMILES string of the molecule is COCC(NC1CCCC(C(C)C)C1)C(C)C. The third-order valence-corrected chi connectivity index (χ3v) is 4.26. The van der Waals surface area contributed by atoms with E-state index in [9.17, 15) is 0 Å². The van der Waals surface area contributed by atoms with Crippen molar-refractivity contribution in [2.45, 2.75) is 65.5 Å². The van der Waals surface area contributed by atoms with Crippen LogP contribution in [0.3, 0.4) is 0 Å². The lowest BCUT2D eigenvalue weighted by Gasteiger charge is -2.35. The Bertz CT molecular complexity index is 203. The number of rotatable bonds is 6. The summed E-state index contributed by atoms with van der Waals surface area (Å²) in [5, 5.41) is 3.82. The molecule has 0 bridgehead atoms. The first kappa shape index (κ1) is 15.0. The molecule has 17 heavy (non-hydrogen) atoms. The molecule has 0 radical (unpaired) electrons. The average Bonchev–Trinajstić information content (AvgIpc) is 2.28. The topological polar surface area (TPSA) is 21.3 Å². The molecule has 3 unspecified atom stereocenters. The molecule has 0 aromatic rings. The van der Waals surface area contributed by atoms with Crippen molar-refractivity contribution in [3.63, 3.8) is 0 Å². The van der Waals surface area contributed by atoms with E-state index in [0.717, 1.165) is 18.4 Å². The van der Waals surface area contributed by atoms with Gasteiger partial charge in [-0.15, -0.1) is 0 Å². The van der Waals surface area contributed by atoms with E-state index < -0.39 is 0 Å². The molecule has 1 rings (SSSR count). The van der Waals surface area contributed by atoms with Gasteiger partial charge in [0.15, 0.2) is 0 Å². The monoisotopic (exact) mass is 241 g/mol. The maximum atomic E-state index is 5.32. The summed E-state index contributed by atoms with van der Waals surface area (Å²) in [6.07, 6.45) is 5.51. The maximum absolute atomic E-state index is 5.32. The van der Waals surface area contributed by atoms with Crippen LogP contribution < -0.4 is 5.32 Å². The van der Waals surface area contributed by atoms with Crippen LogP contribution in [0.1, 0.15) is 53.4 Å². The molecular weight excluding hydrogens is 210 g/mol. The number of hydrogen-bond acceptors (Lipinski definition) is 2. The van der Waals surface area contributed by atoms with Gasteiger partial charge in [0, 0.05) is 19.2 Å². The van der Waals surface area contributed by atoms with Crippen LogP contribution in [0.4, 0.5) is 0 Å². The Morgan fingerprint density at radius 3 is 2.41 bits per heavy atom. The summed E-state index contributed by atoms with van der Waals surface area (Å²) < 4.78 is 5.32. The number of methoxy groups -OCH3 is 1. The minimum atomic E-state index is 0.510. The van der Waals surface area contributed by atoms with Crippen LogP contribution in [-0.2, 0) is 4.74 Å². The number of hydrogen-bond donors (Lipinski definition) is 1. The highest BCUT2D eigenvalue weighted by Gasteiger charge is 2.26. The molecule has 0 aromatic heterocycles. The largest absolute Gasteiger partial charge is 0.383 e. The van der Waals surface area contributed by atoms with Gasteiger partial charge in [-0.1, -0.05) is 40.5 Å². The summed E-state index contributed by atoms with van der Waals surface area (Å²) in [7, 11) is 1.80. The second kappa shape index (κ2) is 7.38. The molecule has 0 amide bonds. The van der Waals surface area contributed by atoms with Crippen molar-refractivity contribution < 1.29 is 4.74 Å². The van der Waals surface area contributed by atoms with Crippen LogP contribution in [0.2, 0.25) is 0 Å². The molecule has 1 fully saturated rings. The zero-order valence-corrected chi connectivity index (χ0v) is 12.3. The molecule has 0 heterocycles. The van der Waals surface area contributed by atoms with Gasteiger partial charge < -0.3 is 10.1 Å². The van der Waals surface area contributed by atoms with Gasteiger partial charge in [0.1, 0.15) is 0 Å². The highest BCUT2D eigenvalue weighted by atomic mass is 16.5. The van der Waals surface area contributed by atoms with E-state index in [1.54, 1.807) is 7.11 Å². The van der Waals surface area contributed by atoms with Gasteiger partial charge in [0.25, 0.3) is 0 Å². The Morgan fingerprint density at radius 1 is 1.18 bits per heavy atom. The molecule has 0 aliphatic heterocycles. The van der Waals surface area contributed by atoms with Crippen LogP contribution in [-0.4, -0.2) is 25.8 Å². The van der Waals surface area contributed by atoms with Crippen molar-refractivity contribution in [2.75, 3.05) is 13.7 Å². The normalized spacial score (nSPS) is 27.7. The van der Waals surface area contributed by atoms with E-state index in [1.807, 2.05) is 0 Å². The zero-order valence-electron chi connectivity index (χ0n) is 12.3. The molecule has 0 saturated heterocycles. The molecule has 0 spiro atoms. The standard InChI is InChI=1S/C15H31NO/c1-11(2)13-7-6-8-14(9-13)16-15(10-17-5)12(3)4/h11-16H,6-10H2,1-5H3. The number of ether oxygens (including phenoxy) is 1. The van der Waals surface area contributed by atoms with E-state index in [-0.39, 0.29) is 0 Å². The summed E-state index contributed by atoms with van der Waals surface area (Å²) in [6, 6.07) is 1.22. The molecule has 0 aromatic carbocycles. The smallest absolute Gasteiger partial charge is 0.0618 e. The molecule has 1 N–H and O–H groups in total. The highest BCUT2D eigenvalue weighted by Crippen LogP contribution is 2.30. The van der Waals surface area contributed by atoms with Crippen molar-refractivity contribution in [3.8, 4) is 0 Å². The van der Waals surface area contributed by atoms with E-state index in [0.29, 0.717) is 18.0 Å². The predicted octanol–water partition coefficient (Wildman–Crippen LogP) is 3.46. The first-order chi connectivity index (χ1) is 8.04. The number of nitrogens with one attached hydrogen (secondary N) is 1.